The molecule has 0 radical (unpaired) electrons. The van der Waals surface area contributed by atoms with Crippen LogP contribution >= 0.6 is 0 Å². The topological polar surface area (TPSA) is 91.4 Å². The van der Waals surface area contributed by atoms with Crippen LogP contribution in [0.3, 0.4) is 0 Å². The van der Waals surface area contributed by atoms with Crippen LogP contribution in [0, 0.1) is 0 Å². The first-order chi connectivity index (χ1) is 15.3. The van der Waals surface area contributed by atoms with Crippen LogP contribution in [0.2, 0.25) is 0 Å². The third kappa shape index (κ3) is 4.69. The van der Waals surface area contributed by atoms with E-state index in [0.717, 1.165) is 11.3 Å². The summed E-state index contributed by atoms with van der Waals surface area (Å²) in [7, 11) is 4.48. The molecule has 1 aliphatic rings. The van der Waals surface area contributed by atoms with Gasteiger partial charge in [0.15, 0.2) is 17.6 Å². The summed E-state index contributed by atoms with van der Waals surface area (Å²) < 4.78 is 21.3. The van der Waals surface area contributed by atoms with Crippen molar-refractivity contribution < 1.29 is 33.3 Å². The van der Waals surface area contributed by atoms with Gasteiger partial charge in [0, 0.05) is 24.7 Å². The van der Waals surface area contributed by atoms with Crippen molar-refractivity contribution in [2.24, 2.45) is 0 Å². The molecule has 0 N–H and O–H groups in total. The molecule has 0 saturated heterocycles. The van der Waals surface area contributed by atoms with Gasteiger partial charge in [0.05, 0.1) is 27.8 Å². The van der Waals surface area contributed by atoms with E-state index in [1.807, 2.05) is 0 Å². The summed E-state index contributed by atoms with van der Waals surface area (Å²) in [4.78, 5) is 38.7. The second-order valence-electron chi connectivity index (χ2n) is 7.47. The first-order valence-corrected chi connectivity index (χ1v) is 10.2. The highest BCUT2D eigenvalue weighted by Crippen LogP contribution is 2.38. The zero-order valence-electron chi connectivity index (χ0n) is 18.9. The molecule has 3 rings (SSSR count). The number of ether oxygens (including phenoxy) is 4. The van der Waals surface area contributed by atoms with Crippen LogP contribution in [0.25, 0.3) is 0 Å². The van der Waals surface area contributed by atoms with Crippen LogP contribution in [-0.2, 0) is 27.2 Å². The lowest BCUT2D eigenvalue weighted by molar-refractivity contribution is -0.145. The summed E-state index contributed by atoms with van der Waals surface area (Å²) in [6, 6.07) is 8.52. The van der Waals surface area contributed by atoms with E-state index < -0.39 is 12.1 Å². The Bertz CT molecular complexity index is 1020. The maximum Gasteiger partial charge on any atom is 0.310 e. The molecule has 1 amide bonds. The van der Waals surface area contributed by atoms with E-state index in [4.69, 9.17) is 18.9 Å². The Balaban J connectivity index is 1.69. The fourth-order valence-electron chi connectivity index (χ4n) is 3.81. The van der Waals surface area contributed by atoms with Gasteiger partial charge >= 0.3 is 5.97 Å². The van der Waals surface area contributed by atoms with Crippen molar-refractivity contribution in [2.75, 3.05) is 32.8 Å². The molecule has 0 aromatic heterocycles. The van der Waals surface area contributed by atoms with Crippen LogP contribution in [0.15, 0.2) is 30.3 Å². The Kier molecular flexibility index (Phi) is 7.02. The monoisotopic (exact) mass is 441 g/mol. The van der Waals surface area contributed by atoms with E-state index in [1.165, 1.54) is 28.3 Å². The maximum atomic E-state index is 12.8. The normalized spacial score (nSPS) is 13.2. The van der Waals surface area contributed by atoms with Gasteiger partial charge in [-0.1, -0.05) is 0 Å². The van der Waals surface area contributed by atoms with E-state index in [0.29, 0.717) is 41.3 Å². The highest BCUT2D eigenvalue weighted by Gasteiger charge is 2.26. The minimum Gasteiger partial charge on any atom is -0.493 e. The van der Waals surface area contributed by atoms with Crippen LogP contribution in [0.1, 0.15) is 35.3 Å². The number of fused-ring (bicyclic) bond motifs is 1. The standard InChI is InChI=1S/C24H27NO7/c1-14(23(28)18-6-7-19-17(13-18)8-9-25(19)15(2)26)32-22(27)12-16-10-20(29-3)24(31-5)21(11-16)30-4/h6-7,10-11,13-14H,8-9,12H2,1-5H3. The molecule has 0 fully saturated rings. The van der Waals surface area contributed by atoms with Gasteiger partial charge in [-0.05, 0) is 54.8 Å². The van der Waals surface area contributed by atoms with E-state index in [1.54, 1.807) is 42.2 Å². The lowest BCUT2D eigenvalue weighted by Gasteiger charge is -2.16. The van der Waals surface area contributed by atoms with Crippen molar-refractivity contribution in [1.29, 1.82) is 0 Å². The van der Waals surface area contributed by atoms with E-state index in [2.05, 4.69) is 0 Å². The minimum absolute atomic E-state index is 0.0306. The smallest absolute Gasteiger partial charge is 0.310 e. The average Bonchev–Trinajstić information content (AvgIpc) is 3.21. The molecule has 2 aromatic rings. The van der Waals surface area contributed by atoms with E-state index in [9.17, 15) is 14.4 Å². The molecule has 32 heavy (non-hydrogen) atoms. The molecule has 8 heteroatoms. The second-order valence-corrected chi connectivity index (χ2v) is 7.47. The first kappa shape index (κ1) is 23.1. The molecule has 0 spiro atoms. The molecule has 1 aliphatic heterocycles. The SMILES string of the molecule is COc1cc(CC(=O)OC(C)C(=O)c2ccc3c(c2)CCN3C(C)=O)cc(OC)c1OC. The number of benzene rings is 2. The zero-order chi connectivity index (χ0) is 23.4. The number of carbonyl (C=O) groups is 3. The molecule has 0 saturated carbocycles. The predicted octanol–water partition coefficient (Wildman–Crippen LogP) is 2.98. The lowest BCUT2D eigenvalue weighted by atomic mass is 10.0. The Morgan fingerprint density at radius 3 is 2.22 bits per heavy atom. The van der Waals surface area contributed by atoms with Crippen LogP contribution in [0.5, 0.6) is 17.2 Å². The molecular weight excluding hydrogens is 414 g/mol. The zero-order valence-corrected chi connectivity index (χ0v) is 18.9. The molecule has 1 heterocycles. The summed E-state index contributed by atoms with van der Waals surface area (Å²) >= 11 is 0. The fraction of sp³-hybridized carbons (Fsp3) is 0.375. The second kappa shape index (κ2) is 9.72. The van der Waals surface area contributed by atoms with Crippen molar-refractivity contribution in [1.82, 2.24) is 0 Å². The third-order valence-corrected chi connectivity index (χ3v) is 5.39. The number of ketones is 1. The molecule has 1 atom stereocenters. The van der Waals surface area contributed by atoms with Gasteiger partial charge in [0.2, 0.25) is 17.4 Å². The van der Waals surface area contributed by atoms with Gasteiger partial charge in [-0.25, -0.2) is 0 Å². The summed E-state index contributed by atoms with van der Waals surface area (Å²) in [6.45, 7) is 3.66. The molecule has 0 aliphatic carbocycles. The van der Waals surface area contributed by atoms with Crippen LogP contribution in [-0.4, -0.2) is 51.6 Å². The van der Waals surface area contributed by atoms with Crippen molar-refractivity contribution in [3.8, 4) is 17.2 Å². The number of Topliss-reactive ketones (excluding diaryl/α,β-unsaturated/α-hetero) is 1. The minimum atomic E-state index is -0.951. The number of hydrogen-bond donors (Lipinski definition) is 0. The van der Waals surface area contributed by atoms with Gasteiger partial charge in [-0.15, -0.1) is 0 Å². The number of methoxy groups -OCH3 is 3. The Hall–Kier alpha value is -3.55. The number of rotatable bonds is 8. The van der Waals surface area contributed by atoms with Gasteiger partial charge < -0.3 is 23.8 Å². The lowest BCUT2D eigenvalue weighted by Crippen LogP contribution is -2.26. The van der Waals surface area contributed by atoms with E-state index >= 15 is 0 Å². The van der Waals surface area contributed by atoms with Crippen LogP contribution < -0.4 is 19.1 Å². The highest BCUT2D eigenvalue weighted by molar-refractivity contribution is 6.02. The maximum absolute atomic E-state index is 12.8. The Morgan fingerprint density at radius 1 is 1.00 bits per heavy atom. The molecule has 0 bridgehead atoms. The summed E-state index contributed by atoms with van der Waals surface area (Å²) in [5.41, 5.74) is 2.80. The number of carbonyl (C=O) groups excluding carboxylic acids is 3. The molecule has 1 unspecified atom stereocenters. The van der Waals surface area contributed by atoms with Gasteiger partial charge in [-0.2, -0.15) is 0 Å². The third-order valence-electron chi connectivity index (χ3n) is 5.39. The first-order valence-electron chi connectivity index (χ1n) is 10.2. The van der Waals surface area contributed by atoms with Crippen molar-refractivity contribution in [3.63, 3.8) is 0 Å². The molecular formula is C24H27NO7. The molecule has 170 valence electrons. The average molecular weight is 441 g/mol. The summed E-state index contributed by atoms with van der Waals surface area (Å²) in [6.07, 6.45) is -0.329. The predicted molar refractivity (Wildman–Crippen MR) is 118 cm³/mol. The van der Waals surface area contributed by atoms with Crippen molar-refractivity contribution in [2.45, 2.75) is 32.8 Å². The Labute approximate surface area is 187 Å². The summed E-state index contributed by atoms with van der Waals surface area (Å²) in [5.74, 6) is 0.400. The van der Waals surface area contributed by atoms with Gasteiger partial charge in [0.1, 0.15) is 0 Å². The van der Waals surface area contributed by atoms with Crippen LogP contribution in [0.4, 0.5) is 5.69 Å². The van der Waals surface area contributed by atoms with Gasteiger partial charge in [0.25, 0.3) is 0 Å². The quantitative estimate of drug-likeness (QED) is 0.459. The van der Waals surface area contributed by atoms with Gasteiger partial charge in [-0.3, -0.25) is 14.4 Å². The number of amides is 1. The fourth-order valence-corrected chi connectivity index (χ4v) is 3.81. The number of esters is 1. The molecule has 8 nitrogen and oxygen atoms in total. The van der Waals surface area contributed by atoms with Crippen molar-refractivity contribution >= 4 is 23.3 Å². The van der Waals surface area contributed by atoms with Crippen molar-refractivity contribution in [3.05, 3.63) is 47.0 Å². The number of nitrogens with zero attached hydrogens (tertiary/aromatic N) is 1. The van der Waals surface area contributed by atoms with E-state index in [-0.39, 0.29) is 18.1 Å². The number of hydrogen-bond acceptors (Lipinski definition) is 7. The highest BCUT2D eigenvalue weighted by atomic mass is 16.5. The number of anilines is 1. The summed E-state index contributed by atoms with van der Waals surface area (Å²) in [5, 5.41) is 0. The Morgan fingerprint density at radius 2 is 1.66 bits per heavy atom. The molecule has 2 aromatic carbocycles. The largest absolute Gasteiger partial charge is 0.493 e.